The molecule has 0 spiro atoms. The van der Waals surface area contributed by atoms with Gasteiger partial charge in [0, 0.05) is 19.7 Å². The van der Waals surface area contributed by atoms with Crippen molar-refractivity contribution in [3.05, 3.63) is 35.4 Å². The second-order valence-corrected chi connectivity index (χ2v) is 4.80. The summed E-state index contributed by atoms with van der Waals surface area (Å²) in [5, 5.41) is 14.5. The van der Waals surface area contributed by atoms with E-state index in [2.05, 4.69) is 23.6 Å². The van der Waals surface area contributed by atoms with Crippen molar-refractivity contribution in [2.75, 3.05) is 13.2 Å². The van der Waals surface area contributed by atoms with Gasteiger partial charge in [0.05, 0.1) is 0 Å². The topological polar surface area (TPSA) is 61.4 Å². The number of aryl methyl sites for hydroxylation is 1. The van der Waals surface area contributed by atoms with Gasteiger partial charge in [0.2, 0.25) is 0 Å². The molecule has 1 aromatic rings. The highest BCUT2D eigenvalue weighted by atomic mass is 16.3. The second-order valence-electron chi connectivity index (χ2n) is 4.80. The van der Waals surface area contributed by atoms with Crippen LogP contribution in [0.5, 0.6) is 0 Å². The molecule has 0 aromatic heterocycles. The van der Waals surface area contributed by atoms with Gasteiger partial charge in [-0.25, -0.2) is 4.79 Å². The number of aliphatic hydroxyl groups excluding tert-OH is 1. The SMILES string of the molecule is CCc1ccccc1CNC(=O)NCC(C)CCO. The van der Waals surface area contributed by atoms with E-state index >= 15 is 0 Å². The molecule has 4 heteroatoms. The van der Waals surface area contributed by atoms with E-state index in [4.69, 9.17) is 5.11 Å². The van der Waals surface area contributed by atoms with E-state index in [1.165, 1.54) is 5.56 Å². The fourth-order valence-corrected chi connectivity index (χ4v) is 1.90. The lowest BCUT2D eigenvalue weighted by Gasteiger charge is -2.13. The van der Waals surface area contributed by atoms with Crippen LogP contribution in [0.15, 0.2) is 24.3 Å². The first-order valence-corrected chi connectivity index (χ1v) is 6.86. The van der Waals surface area contributed by atoms with Gasteiger partial charge in [0.25, 0.3) is 0 Å². The predicted molar refractivity (Wildman–Crippen MR) is 76.9 cm³/mol. The highest BCUT2D eigenvalue weighted by Gasteiger charge is 2.05. The van der Waals surface area contributed by atoms with Crippen LogP contribution >= 0.6 is 0 Å². The summed E-state index contributed by atoms with van der Waals surface area (Å²) in [5.74, 6) is 0.290. The first kappa shape index (κ1) is 15.5. The standard InChI is InChI=1S/C15H24N2O2/c1-3-13-6-4-5-7-14(13)11-17-15(19)16-10-12(2)8-9-18/h4-7,12,18H,3,8-11H2,1-2H3,(H2,16,17,19). The summed E-state index contributed by atoms with van der Waals surface area (Å²) in [7, 11) is 0. The lowest BCUT2D eigenvalue weighted by molar-refractivity contribution is 0.233. The molecule has 1 atom stereocenters. The molecule has 19 heavy (non-hydrogen) atoms. The van der Waals surface area contributed by atoms with Crippen LogP contribution < -0.4 is 10.6 Å². The Labute approximate surface area is 115 Å². The van der Waals surface area contributed by atoms with Gasteiger partial charge in [-0.2, -0.15) is 0 Å². The van der Waals surface area contributed by atoms with Crippen LogP contribution in [-0.4, -0.2) is 24.3 Å². The number of urea groups is 1. The molecular weight excluding hydrogens is 240 g/mol. The van der Waals surface area contributed by atoms with E-state index in [1.807, 2.05) is 25.1 Å². The molecule has 2 amide bonds. The number of hydrogen-bond acceptors (Lipinski definition) is 2. The van der Waals surface area contributed by atoms with Gasteiger partial charge in [-0.05, 0) is 29.9 Å². The van der Waals surface area contributed by atoms with Gasteiger partial charge < -0.3 is 15.7 Å². The number of benzene rings is 1. The molecule has 0 aliphatic heterocycles. The Balaban J connectivity index is 2.33. The minimum absolute atomic E-state index is 0.157. The van der Waals surface area contributed by atoms with Crippen molar-refractivity contribution in [2.24, 2.45) is 5.92 Å². The monoisotopic (exact) mass is 264 g/mol. The summed E-state index contributed by atoms with van der Waals surface area (Å²) in [6, 6.07) is 7.96. The Morgan fingerprint density at radius 1 is 1.26 bits per heavy atom. The van der Waals surface area contributed by atoms with Crippen LogP contribution in [0.25, 0.3) is 0 Å². The van der Waals surface area contributed by atoms with E-state index in [1.54, 1.807) is 0 Å². The van der Waals surface area contributed by atoms with Crippen molar-refractivity contribution in [3.63, 3.8) is 0 Å². The second kappa shape index (κ2) is 8.53. The normalized spacial score (nSPS) is 11.9. The van der Waals surface area contributed by atoms with Crippen molar-refractivity contribution >= 4 is 6.03 Å². The van der Waals surface area contributed by atoms with E-state index in [-0.39, 0.29) is 12.6 Å². The number of hydrogen-bond donors (Lipinski definition) is 3. The van der Waals surface area contributed by atoms with Crippen LogP contribution in [0.3, 0.4) is 0 Å². The van der Waals surface area contributed by atoms with Gasteiger partial charge >= 0.3 is 6.03 Å². The van der Waals surface area contributed by atoms with Gasteiger partial charge in [-0.15, -0.1) is 0 Å². The van der Waals surface area contributed by atoms with Gasteiger partial charge in [-0.1, -0.05) is 38.1 Å². The lowest BCUT2D eigenvalue weighted by Crippen LogP contribution is -2.37. The first-order chi connectivity index (χ1) is 9.17. The van der Waals surface area contributed by atoms with Crippen LogP contribution in [0.2, 0.25) is 0 Å². The fourth-order valence-electron chi connectivity index (χ4n) is 1.90. The Morgan fingerprint density at radius 3 is 2.58 bits per heavy atom. The third-order valence-electron chi connectivity index (χ3n) is 3.17. The van der Waals surface area contributed by atoms with Crippen LogP contribution in [0, 0.1) is 5.92 Å². The van der Waals surface area contributed by atoms with Crippen molar-refractivity contribution in [2.45, 2.75) is 33.2 Å². The summed E-state index contributed by atoms with van der Waals surface area (Å²) in [6.07, 6.45) is 1.67. The minimum atomic E-state index is -0.157. The molecule has 0 saturated carbocycles. The smallest absolute Gasteiger partial charge is 0.315 e. The summed E-state index contributed by atoms with van der Waals surface area (Å²) in [4.78, 5) is 11.6. The van der Waals surface area contributed by atoms with E-state index in [0.717, 1.165) is 12.0 Å². The third-order valence-corrected chi connectivity index (χ3v) is 3.17. The first-order valence-electron chi connectivity index (χ1n) is 6.86. The minimum Gasteiger partial charge on any atom is -0.396 e. The molecule has 0 fully saturated rings. The van der Waals surface area contributed by atoms with Gasteiger partial charge in [0.15, 0.2) is 0 Å². The zero-order chi connectivity index (χ0) is 14.1. The van der Waals surface area contributed by atoms with Gasteiger partial charge in [-0.3, -0.25) is 0 Å². The zero-order valence-electron chi connectivity index (χ0n) is 11.8. The third kappa shape index (κ3) is 5.75. The molecular formula is C15H24N2O2. The Bertz CT molecular complexity index is 393. The number of carbonyl (C=O) groups excluding carboxylic acids is 1. The van der Waals surface area contributed by atoms with E-state index < -0.39 is 0 Å². The maximum absolute atomic E-state index is 11.6. The molecule has 106 valence electrons. The molecule has 0 aliphatic rings. The molecule has 1 rings (SSSR count). The maximum atomic E-state index is 11.6. The molecule has 1 aromatic carbocycles. The van der Waals surface area contributed by atoms with Crippen molar-refractivity contribution in [3.8, 4) is 0 Å². The zero-order valence-corrected chi connectivity index (χ0v) is 11.8. The number of amides is 2. The van der Waals surface area contributed by atoms with Crippen LogP contribution in [0.1, 0.15) is 31.4 Å². The molecule has 1 unspecified atom stereocenters. The van der Waals surface area contributed by atoms with E-state index in [0.29, 0.717) is 25.4 Å². The predicted octanol–water partition coefficient (Wildman–Crippen LogP) is 2.07. The van der Waals surface area contributed by atoms with Crippen LogP contribution in [-0.2, 0) is 13.0 Å². The Morgan fingerprint density at radius 2 is 1.95 bits per heavy atom. The van der Waals surface area contributed by atoms with Crippen molar-refractivity contribution < 1.29 is 9.90 Å². The van der Waals surface area contributed by atoms with Crippen molar-refractivity contribution in [1.82, 2.24) is 10.6 Å². The molecule has 0 radical (unpaired) electrons. The van der Waals surface area contributed by atoms with Crippen LogP contribution in [0.4, 0.5) is 4.79 Å². The number of nitrogens with one attached hydrogen (secondary N) is 2. The fraction of sp³-hybridized carbons (Fsp3) is 0.533. The molecule has 4 nitrogen and oxygen atoms in total. The summed E-state index contributed by atoms with van der Waals surface area (Å²) >= 11 is 0. The summed E-state index contributed by atoms with van der Waals surface area (Å²) in [5.41, 5.74) is 2.42. The number of carbonyl (C=O) groups is 1. The molecule has 3 N–H and O–H groups in total. The van der Waals surface area contributed by atoms with E-state index in [9.17, 15) is 4.79 Å². The molecule has 0 heterocycles. The summed E-state index contributed by atoms with van der Waals surface area (Å²) in [6.45, 7) is 5.40. The molecule has 0 aliphatic carbocycles. The quantitative estimate of drug-likeness (QED) is 0.706. The number of aliphatic hydroxyl groups is 1. The highest BCUT2D eigenvalue weighted by molar-refractivity contribution is 5.73. The van der Waals surface area contributed by atoms with Crippen molar-refractivity contribution in [1.29, 1.82) is 0 Å². The average molecular weight is 264 g/mol. The maximum Gasteiger partial charge on any atom is 0.315 e. The number of rotatable bonds is 7. The Hall–Kier alpha value is -1.55. The lowest BCUT2D eigenvalue weighted by atomic mass is 10.1. The largest absolute Gasteiger partial charge is 0.396 e. The average Bonchev–Trinajstić information content (AvgIpc) is 2.43. The summed E-state index contributed by atoms with van der Waals surface area (Å²) < 4.78 is 0. The Kier molecular flexibility index (Phi) is 6.97. The highest BCUT2D eigenvalue weighted by Crippen LogP contribution is 2.08. The van der Waals surface area contributed by atoms with Gasteiger partial charge in [0.1, 0.15) is 0 Å². The molecule has 0 bridgehead atoms. The molecule has 0 saturated heterocycles.